The van der Waals surface area contributed by atoms with Gasteiger partial charge in [0.15, 0.2) is 0 Å². The summed E-state index contributed by atoms with van der Waals surface area (Å²) in [5.41, 5.74) is 0. The van der Waals surface area contributed by atoms with Gasteiger partial charge in [-0.05, 0) is 58.0 Å². The summed E-state index contributed by atoms with van der Waals surface area (Å²) in [5.74, 6) is 0. The average molecular weight is 214 g/mol. The molecule has 1 heterocycles. The Bertz CT molecular complexity index is 136. The molecule has 89 valence electrons. The van der Waals surface area contributed by atoms with Gasteiger partial charge >= 0.3 is 0 Å². The Morgan fingerprint density at radius 3 is 2.73 bits per heavy atom. The minimum Gasteiger partial charge on any atom is -0.378 e. The van der Waals surface area contributed by atoms with Gasteiger partial charge in [-0.3, -0.25) is 0 Å². The molecule has 1 aliphatic heterocycles. The van der Waals surface area contributed by atoms with Crippen molar-refractivity contribution in [1.29, 1.82) is 0 Å². The van der Waals surface area contributed by atoms with E-state index >= 15 is 0 Å². The molecule has 1 fully saturated rings. The molecule has 1 unspecified atom stereocenters. The van der Waals surface area contributed by atoms with Crippen LogP contribution in [0.25, 0.3) is 0 Å². The maximum atomic E-state index is 10.2. The van der Waals surface area contributed by atoms with Gasteiger partial charge in [0.2, 0.25) is 0 Å². The SMILES string of the molecule is [O]CCCCNCCCC1CCCCO1. The van der Waals surface area contributed by atoms with Crippen LogP contribution in [0.3, 0.4) is 0 Å². The van der Waals surface area contributed by atoms with Gasteiger partial charge in [-0.25, -0.2) is 5.11 Å². The Labute approximate surface area is 93.2 Å². The minimum atomic E-state index is 0.0671. The first kappa shape index (κ1) is 12.9. The van der Waals surface area contributed by atoms with E-state index in [1.54, 1.807) is 0 Å². The molecule has 0 aromatic heterocycles. The fraction of sp³-hybridized carbons (Fsp3) is 1.00. The van der Waals surface area contributed by atoms with Crippen LogP contribution in [0.2, 0.25) is 0 Å². The predicted octanol–water partition coefficient (Wildman–Crippen LogP) is 2.14. The maximum absolute atomic E-state index is 10.2. The van der Waals surface area contributed by atoms with Crippen molar-refractivity contribution in [1.82, 2.24) is 5.32 Å². The lowest BCUT2D eigenvalue weighted by Crippen LogP contribution is -2.22. The van der Waals surface area contributed by atoms with Crippen molar-refractivity contribution in [3.8, 4) is 0 Å². The predicted molar refractivity (Wildman–Crippen MR) is 60.5 cm³/mol. The first-order valence-electron chi connectivity index (χ1n) is 6.34. The largest absolute Gasteiger partial charge is 0.378 e. The third kappa shape index (κ3) is 6.88. The summed E-state index contributed by atoms with van der Waals surface area (Å²) in [6.07, 6.45) is 8.54. The molecular weight excluding hydrogens is 190 g/mol. The van der Waals surface area contributed by atoms with Gasteiger partial charge in [-0.15, -0.1) is 0 Å². The van der Waals surface area contributed by atoms with Crippen LogP contribution in [0.5, 0.6) is 0 Å². The van der Waals surface area contributed by atoms with Crippen molar-refractivity contribution in [3.63, 3.8) is 0 Å². The zero-order chi connectivity index (χ0) is 10.8. The number of unbranched alkanes of at least 4 members (excludes halogenated alkanes) is 1. The minimum absolute atomic E-state index is 0.0671. The number of hydrogen-bond donors (Lipinski definition) is 1. The van der Waals surface area contributed by atoms with Crippen LogP contribution < -0.4 is 5.32 Å². The lowest BCUT2D eigenvalue weighted by atomic mass is 10.0. The van der Waals surface area contributed by atoms with Crippen molar-refractivity contribution in [2.24, 2.45) is 0 Å². The molecule has 0 amide bonds. The monoisotopic (exact) mass is 214 g/mol. The fourth-order valence-electron chi connectivity index (χ4n) is 1.97. The first-order valence-corrected chi connectivity index (χ1v) is 6.34. The normalized spacial score (nSPS) is 21.8. The van der Waals surface area contributed by atoms with E-state index in [4.69, 9.17) is 4.74 Å². The van der Waals surface area contributed by atoms with Gasteiger partial charge < -0.3 is 10.1 Å². The second kappa shape index (κ2) is 9.13. The molecular formula is C12H24NO2. The van der Waals surface area contributed by atoms with Crippen molar-refractivity contribution >= 4 is 0 Å². The second-order valence-electron chi connectivity index (χ2n) is 4.29. The summed E-state index contributed by atoms with van der Waals surface area (Å²) in [7, 11) is 0. The highest BCUT2D eigenvalue weighted by Gasteiger charge is 2.12. The summed E-state index contributed by atoms with van der Waals surface area (Å²) in [6.45, 7) is 3.09. The molecule has 1 N–H and O–H groups in total. The molecule has 3 nitrogen and oxygen atoms in total. The lowest BCUT2D eigenvalue weighted by Gasteiger charge is -2.22. The quantitative estimate of drug-likeness (QED) is 0.629. The van der Waals surface area contributed by atoms with Gasteiger partial charge in [-0.1, -0.05) is 0 Å². The number of nitrogens with one attached hydrogen (secondary N) is 1. The van der Waals surface area contributed by atoms with Crippen LogP contribution in [0, 0.1) is 0 Å². The van der Waals surface area contributed by atoms with E-state index in [1.807, 2.05) is 0 Å². The van der Waals surface area contributed by atoms with Gasteiger partial charge in [0.1, 0.15) is 0 Å². The second-order valence-corrected chi connectivity index (χ2v) is 4.29. The smallest absolute Gasteiger partial charge is 0.0822 e. The molecule has 1 rings (SSSR count). The molecule has 0 aliphatic carbocycles. The van der Waals surface area contributed by atoms with E-state index in [1.165, 1.54) is 32.1 Å². The molecule has 0 saturated carbocycles. The van der Waals surface area contributed by atoms with Crippen molar-refractivity contribution in [2.75, 3.05) is 26.3 Å². The van der Waals surface area contributed by atoms with Gasteiger partial charge in [0.25, 0.3) is 0 Å². The van der Waals surface area contributed by atoms with Crippen LogP contribution in [0.4, 0.5) is 0 Å². The molecule has 15 heavy (non-hydrogen) atoms. The highest BCUT2D eigenvalue weighted by molar-refractivity contribution is 4.64. The van der Waals surface area contributed by atoms with Crippen molar-refractivity contribution in [3.05, 3.63) is 0 Å². The Morgan fingerprint density at radius 1 is 1.13 bits per heavy atom. The molecule has 1 saturated heterocycles. The summed E-state index contributed by atoms with van der Waals surface area (Å²) in [4.78, 5) is 0. The van der Waals surface area contributed by atoms with Crippen LogP contribution in [0.15, 0.2) is 0 Å². The van der Waals surface area contributed by atoms with E-state index in [0.717, 1.165) is 32.5 Å². The third-order valence-corrected chi connectivity index (χ3v) is 2.90. The topological polar surface area (TPSA) is 41.2 Å². The van der Waals surface area contributed by atoms with E-state index in [9.17, 15) is 5.11 Å². The standard InChI is InChI=1S/C12H24NO2/c14-10-3-2-8-13-9-5-7-12-6-1-4-11-15-12/h12-13H,1-11H2. The van der Waals surface area contributed by atoms with E-state index in [-0.39, 0.29) is 6.61 Å². The van der Waals surface area contributed by atoms with Crippen LogP contribution in [0.1, 0.15) is 44.9 Å². The van der Waals surface area contributed by atoms with E-state index in [2.05, 4.69) is 5.32 Å². The van der Waals surface area contributed by atoms with Gasteiger partial charge in [0.05, 0.1) is 12.7 Å². The molecule has 0 aromatic carbocycles. The summed E-state index contributed by atoms with van der Waals surface area (Å²) >= 11 is 0. The van der Waals surface area contributed by atoms with E-state index < -0.39 is 0 Å². The lowest BCUT2D eigenvalue weighted by molar-refractivity contribution is 0.0102. The van der Waals surface area contributed by atoms with Crippen molar-refractivity contribution < 1.29 is 9.84 Å². The Hall–Kier alpha value is -0.120. The molecule has 1 atom stereocenters. The highest BCUT2D eigenvalue weighted by Crippen LogP contribution is 2.16. The third-order valence-electron chi connectivity index (χ3n) is 2.90. The maximum Gasteiger partial charge on any atom is 0.0822 e. The Morgan fingerprint density at radius 2 is 2.00 bits per heavy atom. The molecule has 0 aromatic rings. The first-order chi connectivity index (χ1) is 7.43. The number of hydrogen-bond acceptors (Lipinski definition) is 2. The zero-order valence-electron chi connectivity index (χ0n) is 9.67. The molecule has 0 spiro atoms. The summed E-state index contributed by atoms with van der Waals surface area (Å²) in [5, 5.41) is 13.5. The number of rotatable bonds is 8. The molecule has 3 heteroatoms. The molecule has 1 radical (unpaired) electrons. The molecule has 0 bridgehead atoms. The summed E-state index contributed by atoms with van der Waals surface area (Å²) < 4.78 is 5.65. The summed E-state index contributed by atoms with van der Waals surface area (Å²) in [6, 6.07) is 0. The Kier molecular flexibility index (Phi) is 7.88. The number of ether oxygens (including phenoxy) is 1. The van der Waals surface area contributed by atoms with E-state index in [0.29, 0.717) is 6.10 Å². The van der Waals surface area contributed by atoms with Crippen molar-refractivity contribution in [2.45, 2.75) is 51.0 Å². The fourth-order valence-corrected chi connectivity index (χ4v) is 1.97. The van der Waals surface area contributed by atoms with Crippen LogP contribution >= 0.6 is 0 Å². The van der Waals surface area contributed by atoms with Gasteiger partial charge in [0, 0.05) is 6.61 Å². The highest BCUT2D eigenvalue weighted by atomic mass is 16.5. The van der Waals surface area contributed by atoms with Crippen LogP contribution in [-0.2, 0) is 9.84 Å². The van der Waals surface area contributed by atoms with Gasteiger partial charge in [-0.2, -0.15) is 0 Å². The molecule has 1 aliphatic rings. The zero-order valence-corrected chi connectivity index (χ0v) is 9.67. The van der Waals surface area contributed by atoms with Crippen LogP contribution in [-0.4, -0.2) is 32.4 Å². The Balaban J connectivity index is 1.79. The average Bonchev–Trinajstić information content (AvgIpc) is 2.29.